The van der Waals surface area contributed by atoms with Crippen molar-refractivity contribution in [1.82, 2.24) is 0 Å². The van der Waals surface area contributed by atoms with E-state index in [0.29, 0.717) is 0 Å². The molecule has 0 aromatic rings. The third kappa shape index (κ3) is 6.31. The van der Waals surface area contributed by atoms with Crippen LogP contribution < -0.4 is 0 Å². The van der Waals surface area contributed by atoms with Crippen LogP contribution >= 0.6 is 0 Å². The Bertz CT molecular complexity index is 558. The van der Waals surface area contributed by atoms with Crippen LogP contribution in [0.2, 0.25) is 0 Å². The molecule has 1 radical (unpaired) electrons. The molecule has 0 aromatic carbocycles. The lowest BCUT2D eigenvalue weighted by Gasteiger charge is -2.43. The summed E-state index contributed by atoms with van der Waals surface area (Å²) in [4.78, 5) is 55.9. The SMILES string of the molecule is CC(=O)OC[C@H]1OC(O[C]=O)[C@H](OC(C)=O)[C@@H](OC(C)=O)[C@@H]1OC(C)=O. The zero-order valence-corrected chi connectivity index (χ0v) is 14.6. The van der Waals surface area contributed by atoms with E-state index in [0.717, 1.165) is 34.2 Å². The van der Waals surface area contributed by atoms with E-state index in [4.69, 9.17) is 23.7 Å². The standard InChI is InChI=1S/C15H19O11/c1-7(17)21-5-11-12(23-8(2)18)13(24-9(3)19)14(25-10(4)20)15(26-11)22-6-16/h11-15H,5H2,1-4H3/t11-,12-,13+,14-,15?/m1/s1. The highest BCUT2D eigenvalue weighted by molar-refractivity contribution is 5.68. The largest absolute Gasteiger partial charge is 0.463 e. The molecule has 0 bridgehead atoms. The summed E-state index contributed by atoms with van der Waals surface area (Å²) in [6.45, 7) is 5.11. The minimum Gasteiger partial charge on any atom is -0.463 e. The molecule has 5 atom stereocenters. The van der Waals surface area contributed by atoms with Crippen LogP contribution in [0.5, 0.6) is 0 Å². The fourth-order valence-electron chi connectivity index (χ4n) is 2.33. The highest BCUT2D eigenvalue weighted by Gasteiger charge is 2.53. The molecule has 0 N–H and O–H groups in total. The van der Waals surface area contributed by atoms with E-state index >= 15 is 0 Å². The third-order valence-corrected chi connectivity index (χ3v) is 3.11. The second kappa shape index (κ2) is 9.70. The maximum atomic E-state index is 11.5. The minimum atomic E-state index is -1.53. The summed E-state index contributed by atoms with van der Waals surface area (Å²) >= 11 is 0. The van der Waals surface area contributed by atoms with Gasteiger partial charge >= 0.3 is 30.3 Å². The van der Waals surface area contributed by atoms with Crippen LogP contribution in [0.3, 0.4) is 0 Å². The molecule has 0 aliphatic carbocycles. The van der Waals surface area contributed by atoms with Crippen LogP contribution in [0, 0.1) is 0 Å². The fraction of sp³-hybridized carbons (Fsp3) is 0.667. The average Bonchev–Trinajstić information content (AvgIpc) is 2.50. The fourth-order valence-corrected chi connectivity index (χ4v) is 2.33. The molecule has 1 unspecified atom stereocenters. The second-order valence-electron chi connectivity index (χ2n) is 5.27. The van der Waals surface area contributed by atoms with Crippen molar-refractivity contribution in [2.75, 3.05) is 6.61 Å². The Hall–Kier alpha value is -2.69. The van der Waals surface area contributed by atoms with E-state index < -0.39 is 61.2 Å². The predicted octanol–water partition coefficient (Wildman–Crippen LogP) is -0.847. The lowest BCUT2D eigenvalue weighted by atomic mass is 9.98. The second-order valence-corrected chi connectivity index (χ2v) is 5.27. The van der Waals surface area contributed by atoms with E-state index in [1.54, 1.807) is 0 Å². The Morgan fingerprint density at radius 2 is 1.31 bits per heavy atom. The van der Waals surface area contributed by atoms with E-state index in [2.05, 4.69) is 4.74 Å². The highest BCUT2D eigenvalue weighted by Crippen LogP contribution is 2.29. The van der Waals surface area contributed by atoms with Crippen LogP contribution in [-0.2, 0) is 52.4 Å². The molecule has 1 aliphatic heterocycles. The molecule has 0 spiro atoms. The number of hydrogen-bond acceptors (Lipinski definition) is 11. The van der Waals surface area contributed by atoms with Crippen LogP contribution in [0.25, 0.3) is 0 Å². The first-order chi connectivity index (χ1) is 12.1. The first-order valence-electron chi connectivity index (χ1n) is 7.49. The summed E-state index contributed by atoms with van der Waals surface area (Å²) in [5.74, 6) is -2.99. The van der Waals surface area contributed by atoms with Crippen molar-refractivity contribution < 1.29 is 52.4 Å². The van der Waals surface area contributed by atoms with Gasteiger partial charge in [-0.05, 0) is 0 Å². The summed E-state index contributed by atoms with van der Waals surface area (Å²) in [7, 11) is 0. The van der Waals surface area contributed by atoms with E-state index in [1.165, 1.54) is 0 Å². The van der Waals surface area contributed by atoms with Crippen LogP contribution in [0.1, 0.15) is 27.7 Å². The lowest BCUT2D eigenvalue weighted by molar-refractivity contribution is -0.291. The molecule has 1 rings (SSSR count). The van der Waals surface area contributed by atoms with Gasteiger partial charge in [-0.3, -0.25) is 19.2 Å². The summed E-state index contributed by atoms with van der Waals surface area (Å²) in [6.07, 6.45) is -6.82. The minimum absolute atomic E-state index is 0.406. The molecular formula is C15H19O11. The molecule has 1 saturated heterocycles. The predicted molar refractivity (Wildman–Crippen MR) is 78.7 cm³/mol. The van der Waals surface area contributed by atoms with E-state index in [1.807, 2.05) is 0 Å². The molecule has 1 fully saturated rings. The molecule has 0 amide bonds. The average molecular weight is 375 g/mol. The number of ether oxygens (including phenoxy) is 6. The quantitative estimate of drug-likeness (QED) is 0.406. The Morgan fingerprint density at radius 1 is 0.808 bits per heavy atom. The number of carbonyl (C=O) groups is 4. The molecule has 1 heterocycles. The van der Waals surface area contributed by atoms with Gasteiger partial charge in [-0.2, -0.15) is 0 Å². The first kappa shape index (κ1) is 21.4. The van der Waals surface area contributed by atoms with Gasteiger partial charge in [0, 0.05) is 27.7 Å². The first-order valence-corrected chi connectivity index (χ1v) is 7.49. The number of esters is 4. The Balaban J connectivity index is 3.24. The maximum Gasteiger partial charge on any atom is 0.420 e. The van der Waals surface area contributed by atoms with Crippen molar-refractivity contribution in [3.8, 4) is 0 Å². The summed E-state index contributed by atoms with van der Waals surface area (Å²) < 4.78 is 30.1. The van der Waals surface area contributed by atoms with Gasteiger partial charge in [0.15, 0.2) is 12.2 Å². The molecule has 145 valence electrons. The maximum absolute atomic E-state index is 11.5. The van der Waals surface area contributed by atoms with E-state index in [-0.39, 0.29) is 0 Å². The van der Waals surface area contributed by atoms with Crippen LogP contribution in [0.4, 0.5) is 0 Å². The van der Waals surface area contributed by atoms with Gasteiger partial charge in [-0.1, -0.05) is 0 Å². The normalized spacial score (nSPS) is 27.6. The topological polar surface area (TPSA) is 141 Å². The van der Waals surface area contributed by atoms with Crippen molar-refractivity contribution in [2.45, 2.75) is 58.4 Å². The van der Waals surface area contributed by atoms with Crippen molar-refractivity contribution >= 4 is 30.3 Å². The highest BCUT2D eigenvalue weighted by atomic mass is 16.7. The van der Waals surface area contributed by atoms with Crippen molar-refractivity contribution in [3.05, 3.63) is 0 Å². The molecule has 11 heteroatoms. The Labute approximate surface area is 148 Å². The van der Waals surface area contributed by atoms with Gasteiger partial charge in [0.05, 0.1) is 0 Å². The number of rotatable bonds is 7. The van der Waals surface area contributed by atoms with Gasteiger partial charge < -0.3 is 28.4 Å². The number of carbonyl (C=O) groups excluding carboxylic acids is 5. The molecule has 26 heavy (non-hydrogen) atoms. The zero-order valence-electron chi connectivity index (χ0n) is 14.6. The smallest absolute Gasteiger partial charge is 0.420 e. The lowest BCUT2D eigenvalue weighted by Crippen LogP contribution is -2.62. The monoisotopic (exact) mass is 375 g/mol. The summed E-state index contributed by atoms with van der Waals surface area (Å²) in [5.41, 5.74) is 0. The third-order valence-electron chi connectivity index (χ3n) is 3.11. The van der Waals surface area contributed by atoms with Gasteiger partial charge in [-0.15, -0.1) is 0 Å². The van der Waals surface area contributed by atoms with Crippen LogP contribution in [-0.4, -0.2) is 67.7 Å². The Kier molecular flexibility index (Phi) is 7.97. The zero-order chi connectivity index (χ0) is 19.9. The molecular weight excluding hydrogens is 356 g/mol. The van der Waals surface area contributed by atoms with Gasteiger partial charge in [-0.25, -0.2) is 4.79 Å². The molecule has 0 saturated carbocycles. The summed E-state index contributed by atoms with van der Waals surface area (Å²) in [5, 5.41) is 0. The molecule has 11 nitrogen and oxygen atoms in total. The van der Waals surface area contributed by atoms with E-state index in [9.17, 15) is 24.0 Å². The molecule has 1 aliphatic rings. The summed E-state index contributed by atoms with van der Waals surface area (Å²) in [6, 6.07) is 0. The van der Waals surface area contributed by atoms with Crippen LogP contribution in [0.15, 0.2) is 0 Å². The molecule has 0 aromatic heterocycles. The van der Waals surface area contributed by atoms with Gasteiger partial charge in [0.25, 0.3) is 0 Å². The number of hydrogen-bond donors (Lipinski definition) is 0. The Morgan fingerprint density at radius 3 is 1.77 bits per heavy atom. The van der Waals surface area contributed by atoms with Crippen molar-refractivity contribution in [2.24, 2.45) is 0 Å². The van der Waals surface area contributed by atoms with Gasteiger partial charge in [0.1, 0.15) is 12.7 Å². The van der Waals surface area contributed by atoms with Crippen molar-refractivity contribution in [3.63, 3.8) is 0 Å². The van der Waals surface area contributed by atoms with Gasteiger partial charge in [0.2, 0.25) is 12.4 Å². The van der Waals surface area contributed by atoms with Crippen molar-refractivity contribution in [1.29, 1.82) is 0 Å².